The Balaban J connectivity index is 5.22. The second-order valence-corrected chi connectivity index (χ2v) is 31.1. The quantitative estimate of drug-likeness (QED) is 0.0222. The summed E-state index contributed by atoms with van der Waals surface area (Å²) in [7, 11) is -9.91. The Morgan fingerprint density at radius 2 is 0.457 bits per heavy atom. The Hall–Kier alpha value is -1.94. The summed E-state index contributed by atoms with van der Waals surface area (Å²) in [6.07, 6.45) is 46.1. The molecule has 19 heteroatoms. The smallest absolute Gasteiger partial charge is 0.462 e. The molecule has 0 heterocycles. The lowest BCUT2D eigenvalue weighted by atomic mass is 10.0. The van der Waals surface area contributed by atoms with Crippen molar-refractivity contribution < 1.29 is 80.2 Å². The van der Waals surface area contributed by atoms with Crippen molar-refractivity contribution in [1.82, 2.24) is 0 Å². The Morgan fingerprint density at radius 3 is 0.674 bits per heavy atom. The van der Waals surface area contributed by atoms with Gasteiger partial charge in [0.05, 0.1) is 26.4 Å². The zero-order chi connectivity index (χ0) is 68.2. The normalized spacial score (nSPS) is 14.2. The van der Waals surface area contributed by atoms with E-state index in [0.29, 0.717) is 37.5 Å². The summed E-state index contributed by atoms with van der Waals surface area (Å²) >= 11 is 0. The van der Waals surface area contributed by atoms with Crippen molar-refractivity contribution in [1.29, 1.82) is 0 Å². The molecule has 0 aromatic rings. The van der Waals surface area contributed by atoms with Crippen LogP contribution in [0.15, 0.2) is 0 Å². The first-order valence-electron chi connectivity index (χ1n) is 37.7. The van der Waals surface area contributed by atoms with E-state index in [2.05, 4.69) is 55.4 Å². The molecule has 0 spiro atoms. The van der Waals surface area contributed by atoms with Crippen LogP contribution in [0.25, 0.3) is 0 Å². The number of aliphatic hydroxyl groups excluding tert-OH is 1. The summed E-state index contributed by atoms with van der Waals surface area (Å²) in [6, 6.07) is 0. The van der Waals surface area contributed by atoms with Crippen LogP contribution in [-0.4, -0.2) is 96.7 Å². The third-order valence-electron chi connectivity index (χ3n) is 16.8. The summed E-state index contributed by atoms with van der Waals surface area (Å²) in [5.41, 5.74) is 0. The molecule has 0 saturated carbocycles. The average Bonchev–Trinajstić information content (AvgIpc) is 2.06. The van der Waals surface area contributed by atoms with Crippen LogP contribution in [0.3, 0.4) is 0 Å². The first kappa shape index (κ1) is 90.1. The molecule has 92 heavy (non-hydrogen) atoms. The minimum Gasteiger partial charge on any atom is -0.462 e. The van der Waals surface area contributed by atoms with Gasteiger partial charge in [-0.1, -0.05) is 312 Å². The first-order valence-corrected chi connectivity index (χ1v) is 40.7. The van der Waals surface area contributed by atoms with E-state index in [1.54, 1.807) is 0 Å². The fourth-order valence-corrected chi connectivity index (χ4v) is 12.6. The summed E-state index contributed by atoms with van der Waals surface area (Å²) in [6.45, 7) is 14.1. The minimum atomic E-state index is -4.96. The van der Waals surface area contributed by atoms with E-state index in [1.165, 1.54) is 161 Å². The summed E-state index contributed by atoms with van der Waals surface area (Å²) in [5.74, 6) is 0.840. The minimum absolute atomic E-state index is 0.102. The second kappa shape index (κ2) is 62.6. The molecule has 546 valence electrons. The number of phosphoric ester groups is 2. The molecule has 17 nitrogen and oxygen atoms in total. The molecule has 0 amide bonds. The van der Waals surface area contributed by atoms with Crippen LogP contribution in [0, 0.1) is 23.7 Å². The summed E-state index contributed by atoms with van der Waals surface area (Å²) in [4.78, 5) is 72.6. The van der Waals surface area contributed by atoms with Gasteiger partial charge in [0.2, 0.25) is 0 Å². The predicted octanol–water partition coefficient (Wildman–Crippen LogP) is 20.9. The SMILES string of the molecule is CC(C)CCCCCCCCCCCCCCCCCCC(=O)O[C@H](COC(=O)CCCCCCCCCCCCC(C)C)COP(=O)(O)OCC(O)COP(=O)(O)OC[C@@H](COC(=O)CCCCCCCCCC(C)C)OC(=O)CCCCCCCCCC(C)C. The molecule has 0 aromatic heterocycles. The molecule has 0 aliphatic carbocycles. The Bertz CT molecular complexity index is 1820. The largest absolute Gasteiger partial charge is 0.472 e. The van der Waals surface area contributed by atoms with E-state index >= 15 is 0 Å². The lowest BCUT2D eigenvalue weighted by molar-refractivity contribution is -0.161. The van der Waals surface area contributed by atoms with Crippen molar-refractivity contribution in [3.63, 3.8) is 0 Å². The van der Waals surface area contributed by atoms with Crippen LogP contribution in [0.5, 0.6) is 0 Å². The van der Waals surface area contributed by atoms with Crippen LogP contribution in [0.4, 0.5) is 0 Å². The maximum absolute atomic E-state index is 13.1. The molecule has 0 fully saturated rings. The molecule has 0 aromatic carbocycles. The number of carbonyl (C=O) groups excluding carboxylic acids is 4. The van der Waals surface area contributed by atoms with E-state index in [0.717, 1.165) is 108 Å². The number of aliphatic hydroxyl groups is 1. The van der Waals surface area contributed by atoms with Gasteiger partial charge >= 0.3 is 39.5 Å². The number of phosphoric acid groups is 2. The van der Waals surface area contributed by atoms with E-state index < -0.39 is 97.5 Å². The highest BCUT2D eigenvalue weighted by molar-refractivity contribution is 7.47. The number of ether oxygens (including phenoxy) is 4. The van der Waals surface area contributed by atoms with Gasteiger partial charge in [0.15, 0.2) is 12.2 Å². The van der Waals surface area contributed by atoms with Crippen LogP contribution in [-0.2, 0) is 65.4 Å². The van der Waals surface area contributed by atoms with Gasteiger partial charge in [0.25, 0.3) is 0 Å². The molecule has 3 N–H and O–H groups in total. The third kappa shape index (κ3) is 66.7. The number of rotatable bonds is 70. The fourth-order valence-electron chi connectivity index (χ4n) is 11.0. The molecule has 3 unspecified atom stereocenters. The highest BCUT2D eigenvalue weighted by Crippen LogP contribution is 2.45. The zero-order valence-corrected chi connectivity index (χ0v) is 62.0. The van der Waals surface area contributed by atoms with E-state index in [-0.39, 0.29) is 25.7 Å². The van der Waals surface area contributed by atoms with Gasteiger partial charge in [-0.25, -0.2) is 9.13 Å². The monoisotopic (exact) mass is 1350 g/mol. The van der Waals surface area contributed by atoms with Crippen LogP contribution in [0.1, 0.15) is 364 Å². The molecular weight excluding hydrogens is 1210 g/mol. The van der Waals surface area contributed by atoms with Crippen molar-refractivity contribution in [3.05, 3.63) is 0 Å². The van der Waals surface area contributed by atoms with Crippen molar-refractivity contribution in [2.75, 3.05) is 39.6 Å². The molecule has 5 atom stereocenters. The van der Waals surface area contributed by atoms with Crippen LogP contribution < -0.4 is 0 Å². The summed E-state index contributed by atoms with van der Waals surface area (Å²) in [5, 5.41) is 10.6. The third-order valence-corrected chi connectivity index (χ3v) is 18.7. The number of hydrogen-bond acceptors (Lipinski definition) is 15. The van der Waals surface area contributed by atoms with Gasteiger partial charge in [-0.2, -0.15) is 0 Å². The first-order chi connectivity index (χ1) is 44.1. The topological polar surface area (TPSA) is 237 Å². The molecule has 0 rings (SSSR count). The molecular formula is C73H142O17P2. The molecule has 0 bridgehead atoms. The summed E-state index contributed by atoms with van der Waals surface area (Å²) < 4.78 is 68.3. The van der Waals surface area contributed by atoms with Gasteiger partial charge in [-0.15, -0.1) is 0 Å². The lowest BCUT2D eigenvalue weighted by Gasteiger charge is -2.21. The highest BCUT2D eigenvalue weighted by atomic mass is 31.2. The highest BCUT2D eigenvalue weighted by Gasteiger charge is 2.30. The van der Waals surface area contributed by atoms with Gasteiger partial charge in [-0.3, -0.25) is 37.3 Å². The van der Waals surface area contributed by atoms with Gasteiger partial charge in [-0.05, 0) is 49.4 Å². The van der Waals surface area contributed by atoms with Gasteiger partial charge in [0, 0.05) is 25.7 Å². The number of esters is 4. The maximum atomic E-state index is 13.1. The van der Waals surface area contributed by atoms with Crippen molar-refractivity contribution in [2.45, 2.75) is 382 Å². The molecule has 0 aliphatic heterocycles. The van der Waals surface area contributed by atoms with Crippen molar-refractivity contribution >= 4 is 39.5 Å². The van der Waals surface area contributed by atoms with Crippen LogP contribution in [0.2, 0.25) is 0 Å². The number of unbranched alkanes of at least 4 members (excludes halogenated alkanes) is 36. The Labute approximate surface area is 562 Å². The number of hydrogen-bond donors (Lipinski definition) is 3. The number of carbonyl (C=O) groups is 4. The standard InChI is InChI=1S/C73H142O17P2/c1-63(2)49-41-33-25-19-15-13-11-9-10-12-14-16-22-30-39-47-55-72(77)89-68(59-83-70(75)53-45-37-29-21-18-17-20-26-34-42-50-64(3)4)61-87-91(79,80)85-57-67(74)58-86-92(81,82)88-62-69(90-73(78)56-48-40-32-24-28-36-44-52-66(7)8)60-84-71(76)54-46-38-31-23-27-35-43-51-65(5)6/h63-69,74H,9-62H2,1-8H3,(H,79,80)(H,81,82)/t67?,68-,69-/m1/s1. The predicted molar refractivity (Wildman–Crippen MR) is 372 cm³/mol. The van der Waals surface area contributed by atoms with E-state index in [1.807, 2.05) is 0 Å². The van der Waals surface area contributed by atoms with Crippen LogP contribution >= 0.6 is 15.6 Å². The Morgan fingerprint density at radius 1 is 0.272 bits per heavy atom. The van der Waals surface area contributed by atoms with Crippen molar-refractivity contribution in [3.8, 4) is 0 Å². The molecule has 0 aliphatic rings. The van der Waals surface area contributed by atoms with Gasteiger partial charge < -0.3 is 33.8 Å². The Kier molecular flexibility index (Phi) is 61.3. The average molecular weight is 1350 g/mol. The lowest BCUT2D eigenvalue weighted by Crippen LogP contribution is -2.30. The van der Waals surface area contributed by atoms with E-state index in [9.17, 15) is 43.2 Å². The molecule has 0 saturated heterocycles. The molecule has 0 radical (unpaired) electrons. The van der Waals surface area contributed by atoms with E-state index in [4.69, 9.17) is 37.0 Å². The fraction of sp³-hybridized carbons (Fsp3) is 0.945. The van der Waals surface area contributed by atoms with Crippen molar-refractivity contribution in [2.24, 2.45) is 23.7 Å². The van der Waals surface area contributed by atoms with Gasteiger partial charge in [0.1, 0.15) is 19.3 Å². The maximum Gasteiger partial charge on any atom is 0.472 e. The second-order valence-electron chi connectivity index (χ2n) is 28.2. The zero-order valence-electron chi connectivity index (χ0n) is 60.2.